The second-order valence-corrected chi connectivity index (χ2v) is 8.52. The molecule has 3 aliphatic heterocycles. The Bertz CT molecular complexity index is 788. The number of alkyl halides is 3. The van der Waals surface area contributed by atoms with Crippen LogP contribution in [0.1, 0.15) is 31.2 Å². The SMILES string of the molecule is Cn1cc(CN2CC3(CC(OCC(=O)N4CCCC4)CCO3)C2)cn1.O=C(O)C(F)(F)F. The van der Waals surface area contributed by atoms with Gasteiger partial charge in [-0.15, -0.1) is 0 Å². The maximum Gasteiger partial charge on any atom is 0.490 e. The van der Waals surface area contributed by atoms with Crippen molar-refractivity contribution in [2.45, 2.75) is 50.1 Å². The van der Waals surface area contributed by atoms with E-state index < -0.39 is 12.1 Å². The van der Waals surface area contributed by atoms with Crippen LogP contribution >= 0.6 is 0 Å². The zero-order valence-electron chi connectivity index (χ0n) is 18.0. The first-order valence-electron chi connectivity index (χ1n) is 10.6. The summed E-state index contributed by atoms with van der Waals surface area (Å²) in [6, 6.07) is 0. The summed E-state index contributed by atoms with van der Waals surface area (Å²) >= 11 is 0. The van der Waals surface area contributed by atoms with Crippen LogP contribution in [0.2, 0.25) is 0 Å². The summed E-state index contributed by atoms with van der Waals surface area (Å²) in [7, 11) is 1.94. The van der Waals surface area contributed by atoms with Gasteiger partial charge in [-0.3, -0.25) is 14.4 Å². The molecule has 1 N–H and O–H groups in total. The molecule has 0 aromatic carbocycles. The molecule has 0 bridgehead atoms. The standard InChI is InChI=1S/C18H28N4O3.C2HF3O2/c1-20-10-15(9-19-20)11-21-13-18(14-21)8-16(4-7-25-18)24-12-17(23)22-5-2-3-6-22;3-2(4,5)1(6)7/h9-10,16H,2-8,11-14H2,1H3;(H,6,7). The lowest BCUT2D eigenvalue weighted by Crippen LogP contribution is -2.65. The van der Waals surface area contributed by atoms with E-state index in [9.17, 15) is 18.0 Å². The molecule has 1 aromatic heterocycles. The molecular weight excluding hydrogens is 433 g/mol. The number of hydrogen-bond donors (Lipinski definition) is 1. The number of carboxylic acids is 1. The van der Waals surface area contributed by atoms with Crippen molar-refractivity contribution in [2.24, 2.45) is 7.05 Å². The predicted octanol–water partition coefficient (Wildman–Crippen LogP) is 1.43. The van der Waals surface area contributed by atoms with Crippen molar-refractivity contribution in [1.82, 2.24) is 19.6 Å². The van der Waals surface area contributed by atoms with E-state index in [1.54, 1.807) is 0 Å². The largest absolute Gasteiger partial charge is 0.490 e. The minimum absolute atomic E-state index is 0.0815. The fourth-order valence-corrected chi connectivity index (χ4v) is 4.28. The van der Waals surface area contributed by atoms with Crippen LogP contribution in [0.4, 0.5) is 13.2 Å². The van der Waals surface area contributed by atoms with Crippen LogP contribution in [-0.2, 0) is 32.7 Å². The first kappa shape index (κ1) is 24.5. The number of halogens is 3. The molecule has 12 heteroatoms. The lowest BCUT2D eigenvalue weighted by molar-refractivity contribution is -0.200. The average molecular weight is 462 g/mol. The van der Waals surface area contributed by atoms with E-state index in [1.807, 2.05) is 22.8 Å². The molecule has 3 saturated heterocycles. The summed E-state index contributed by atoms with van der Waals surface area (Å²) < 4.78 is 45.6. The average Bonchev–Trinajstić information content (AvgIpc) is 3.37. The Balaban J connectivity index is 0.000000360. The summed E-state index contributed by atoms with van der Waals surface area (Å²) in [6.07, 6.45) is 3.06. The van der Waals surface area contributed by atoms with E-state index in [4.69, 9.17) is 19.4 Å². The summed E-state index contributed by atoms with van der Waals surface area (Å²) in [5.74, 6) is -2.61. The number of carbonyl (C=O) groups is 2. The van der Waals surface area contributed by atoms with Crippen molar-refractivity contribution >= 4 is 11.9 Å². The third kappa shape index (κ3) is 6.66. The number of aliphatic carboxylic acids is 1. The molecule has 0 radical (unpaired) electrons. The van der Waals surface area contributed by atoms with Gasteiger partial charge in [0.05, 0.1) is 17.9 Å². The quantitative estimate of drug-likeness (QED) is 0.707. The highest BCUT2D eigenvalue weighted by molar-refractivity contribution is 5.77. The molecular formula is C20H29F3N4O5. The number of ether oxygens (including phenoxy) is 2. The van der Waals surface area contributed by atoms with Gasteiger partial charge in [0.15, 0.2) is 0 Å². The molecule has 9 nitrogen and oxygen atoms in total. The summed E-state index contributed by atoms with van der Waals surface area (Å²) in [6.45, 7) is 5.51. The summed E-state index contributed by atoms with van der Waals surface area (Å²) in [4.78, 5) is 25.3. The normalized spacial score (nSPS) is 22.9. The van der Waals surface area contributed by atoms with E-state index in [1.165, 1.54) is 5.56 Å². The highest BCUT2D eigenvalue weighted by Crippen LogP contribution is 2.36. The molecule has 1 unspecified atom stereocenters. The number of carbonyl (C=O) groups excluding carboxylic acids is 1. The van der Waals surface area contributed by atoms with Crippen molar-refractivity contribution in [3.05, 3.63) is 18.0 Å². The van der Waals surface area contributed by atoms with Gasteiger partial charge < -0.3 is 19.5 Å². The molecule has 180 valence electrons. The molecule has 3 fully saturated rings. The number of aryl methyl sites for hydroxylation is 1. The number of hydrogen-bond acceptors (Lipinski definition) is 6. The predicted molar refractivity (Wildman–Crippen MR) is 106 cm³/mol. The first-order chi connectivity index (χ1) is 15.1. The lowest BCUT2D eigenvalue weighted by Gasteiger charge is -2.53. The third-order valence-electron chi connectivity index (χ3n) is 5.78. The van der Waals surface area contributed by atoms with Crippen LogP contribution in [0.3, 0.4) is 0 Å². The Morgan fingerprint density at radius 1 is 1.31 bits per heavy atom. The van der Waals surface area contributed by atoms with Crippen molar-refractivity contribution < 1.29 is 37.3 Å². The van der Waals surface area contributed by atoms with Gasteiger partial charge in [0, 0.05) is 64.6 Å². The molecule has 4 rings (SSSR count). The molecule has 32 heavy (non-hydrogen) atoms. The third-order valence-corrected chi connectivity index (χ3v) is 5.78. The maximum atomic E-state index is 12.1. The van der Waals surface area contributed by atoms with Crippen molar-refractivity contribution in [2.75, 3.05) is 39.4 Å². The molecule has 1 amide bonds. The number of nitrogens with zero attached hydrogens (tertiary/aromatic N) is 4. The minimum Gasteiger partial charge on any atom is -0.475 e. The topological polar surface area (TPSA) is 97.1 Å². The first-order valence-corrected chi connectivity index (χ1v) is 10.6. The van der Waals surface area contributed by atoms with Crippen LogP contribution in [0.5, 0.6) is 0 Å². The zero-order chi connectivity index (χ0) is 23.4. The molecule has 1 aromatic rings. The van der Waals surface area contributed by atoms with E-state index in [2.05, 4.69) is 16.2 Å². The molecule has 1 spiro atoms. The van der Waals surface area contributed by atoms with Crippen molar-refractivity contribution in [3.8, 4) is 0 Å². The van der Waals surface area contributed by atoms with Crippen LogP contribution in [0.15, 0.2) is 12.4 Å². The second kappa shape index (κ2) is 10.2. The Morgan fingerprint density at radius 2 is 1.97 bits per heavy atom. The Hall–Kier alpha value is -2.18. The fourth-order valence-electron chi connectivity index (χ4n) is 4.28. The van der Waals surface area contributed by atoms with Crippen LogP contribution in [0.25, 0.3) is 0 Å². The Kier molecular flexibility index (Phi) is 7.78. The van der Waals surface area contributed by atoms with Gasteiger partial charge >= 0.3 is 12.1 Å². The number of aromatic nitrogens is 2. The van der Waals surface area contributed by atoms with Gasteiger partial charge in [-0.25, -0.2) is 4.79 Å². The van der Waals surface area contributed by atoms with Gasteiger partial charge in [-0.2, -0.15) is 18.3 Å². The van der Waals surface area contributed by atoms with E-state index in [0.29, 0.717) is 0 Å². The van der Waals surface area contributed by atoms with E-state index in [-0.39, 0.29) is 24.2 Å². The zero-order valence-corrected chi connectivity index (χ0v) is 18.0. The molecule has 4 heterocycles. The van der Waals surface area contributed by atoms with Gasteiger partial charge in [0.25, 0.3) is 0 Å². The van der Waals surface area contributed by atoms with E-state index >= 15 is 0 Å². The second-order valence-electron chi connectivity index (χ2n) is 8.52. The molecule has 0 aliphatic carbocycles. The highest BCUT2D eigenvalue weighted by Gasteiger charge is 2.47. The summed E-state index contributed by atoms with van der Waals surface area (Å²) in [5, 5.41) is 11.3. The smallest absolute Gasteiger partial charge is 0.475 e. The highest BCUT2D eigenvalue weighted by atomic mass is 19.4. The lowest BCUT2D eigenvalue weighted by atomic mass is 9.84. The van der Waals surface area contributed by atoms with Crippen LogP contribution in [-0.4, -0.2) is 93.8 Å². The van der Waals surface area contributed by atoms with Gasteiger partial charge in [-0.1, -0.05) is 0 Å². The Morgan fingerprint density at radius 3 is 2.53 bits per heavy atom. The van der Waals surface area contributed by atoms with Crippen LogP contribution < -0.4 is 0 Å². The number of amides is 1. The van der Waals surface area contributed by atoms with Gasteiger partial charge in [0.2, 0.25) is 5.91 Å². The molecule has 3 aliphatic rings. The number of likely N-dealkylation sites (tertiary alicyclic amines) is 2. The fraction of sp³-hybridized carbons (Fsp3) is 0.750. The van der Waals surface area contributed by atoms with Gasteiger partial charge in [-0.05, 0) is 19.3 Å². The summed E-state index contributed by atoms with van der Waals surface area (Å²) in [5.41, 5.74) is 1.15. The maximum absolute atomic E-state index is 12.1. The van der Waals surface area contributed by atoms with Gasteiger partial charge in [0.1, 0.15) is 6.61 Å². The number of rotatable bonds is 5. The van der Waals surface area contributed by atoms with Crippen molar-refractivity contribution in [1.29, 1.82) is 0 Å². The minimum atomic E-state index is -5.08. The van der Waals surface area contributed by atoms with Crippen LogP contribution in [0, 0.1) is 0 Å². The molecule has 0 saturated carbocycles. The van der Waals surface area contributed by atoms with E-state index in [0.717, 1.165) is 65.0 Å². The monoisotopic (exact) mass is 462 g/mol. The van der Waals surface area contributed by atoms with Crippen molar-refractivity contribution in [3.63, 3.8) is 0 Å². The molecule has 1 atom stereocenters. The number of carboxylic acid groups (broad SMARTS) is 1. The Labute approximate surface area is 184 Å².